The second-order valence-electron chi connectivity index (χ2n) is 11.4. The summed E-state index contributed by atoms with van der Waals surface area (Å²) in [5, 5.41) is 7.77. The van der Waals surface area contributed by atoms with Crippen molar-refractivity contribution in [2.45, 2.75) is 85.7 Å². The summed E-state index contributed by atoms with van der Waals surface area (Å²) in [5.41, 5.74) is 10.6. The van der Waals surface area contributed by atoms with Gasteiger partial charge in [0.05, 0.1) is 5.69 Å². The summed E-state index contributed by atoms with van der Waals surface area (Å²) in [6.07, 6.45) is 6.00. The fourth-order valence-electron chi connectivity index (χ4n) is 6.75. The van der Waals surface area contributed by atoms with Crippen LogP contribution >= 0.6 is 0 Å². The largest absolute Gasteiger partial charge is 0.381 e. The molecule has 214 valence electrons. The van der Waals surface area contributed by atoms with Crippen molar-refractivity contribution in [3.63, 3.8) is 0 Å². The summed E-state index contributed by atoms with van der Waals surface area (Å²) < 4.78 is 7.55. The Morgan fingerprint density at radius 2 is 1.82 bits per heavy atom. The summed E-state index contributed by atoms with van der Waals surface area (Å²) in [6, 6.07) is 4.58. The third-order valence-electron chi connectivity index (χ3n) is 8.99. The van der Waals surface area contributed by atoms with Gasteiger partial charge in [-0.15, -0.1) is 0 Å². The molecule has 0 unspecified atom stereocenters. The molecule has 2 aliphatic rings. The average molecular weight is 546 g/mol. The van der Waals surface area contributed by atoms with Crippen LogP contribution in [0.1, 0.15) is 82.3 Å². The normalized spacial score (nSPS) is 15.7. The summed E-state index contributed by atoms with van der Waals surface area (Å²) >= 11 is 0. The molecule has 5 rings (SSSR count). The lowest BCUT2D eigenvalue weighted by molar-refractivity contribution is 0.0846. The number of ether oxygens (including phenoxy) is 1. The Morgan fingerprint density at radius 1 is 1.12 bits per heavy atom. The van der Waals surface area contributed by atoms with E-state index in [0.29, 0.717) is 17.2 Å². The highest BCUT2D eigenvalue weighted by atomic mass is 16.5. The summed E-state index contributed by atoms with van der Waals surface area (Å²) in [4.78, 5) is 32.3. The maximum Gasteiger partial charge on any atom is 0.253 e. The number of aryl methyl sites for hydroxylation is 3. The fourth-order valence-corrected chi connectivity index (χ4v) is 6.75. The average Bonchev–Trinajstić information content (AvgIpc) is 3.20. The lowest BCUT2D eigenvalue weighted by Crippen LogP contribution is -2.40. The van der Waals surface area contributed by atoms with Crippen LogP contribution < -0.4 is 15.8 Å². The van der Waals surface area contributed by atoms with Crippen molar-refractivity contribution in [2.24, 2.45) is 7.05 Å². The third kappa shape index (κ3) is 5.21. The Balaban J connectivity index is 1.55. The number of hydrogen-bond donors (Lipinski definition) is 2. The van der Waals surface area contributed by atoms with Crippen molar-refractivity contribution in [3.8, 4) is 11.1 Å². The zero-order valence-corrected chi connectivity index (χ0v) is 24.9. The van der Waals surface area contributed by atoms with Crippen molar-refractivity contribution in [3.05, 3.63) is 67.4 Å². The summed E-state index contributed by atoms with van der Waals surface area (Å²) in [7, 11) is 1.95. The number of amides is 1. The molecule has 0 bridgehead atoms. The highest BCUT2D eigenvalue weighted by molar-refractivity contribution is 5.99. The van der Waals surface area contributed by atoms with Crippen LogP contribution in [0.5, 0.6) is 0 Å². The van der Waals surface area contributed by atoms with E-state index >= 15 is 0 Å². The minimum atomic E-state index is -0.160. The minimum Gasteiger partial charge on any atom is -0.381 e. The standard InChI is InChI=1S/C32H43N5O3/c1-7-37(24-12-14-40-15-13-24)29-17-23(30-21(4)35-36(6)22(30)5)16-27(19(29)2)31(38)33-18-28-26-11-9-8-10-25(26)20(3)34-32(28)39/h16-17,24H,7-15,18H2,1-6H3,(H,33,38)(H,34,39). The number of aromatic amines is 1. The maximum absolute atomic E-state index is 13.9. The second kappa shape index (κ2) is 11.6. The van der Waals surface area contributed by atoms with Gasteiger partial charge in [-0.05, 0) is 108 Å². The molecule has 3 aromatic rings. The fraction of sp³-hybridized carbons (Fsp3) is 0.531. The first-order valence-corrected chi connectivity index (χ1v) is 14.7. The molecule has 40 heavy (non-hydrogen) atoms. The molecule has 0 radical (unpaired) electrons. The van der Waals surface area contributed by atoms with Gasteiger partial charge in [0.25, 0.3) is 11.5 Å². The predicted octanol–water partition coefficient (Wildman–Crippen LogP) is 4.82. The van der Waals surface area contributed by atoms with E-state index in [1.807, 2.05) is 38.6 Å². The molecule has 1 amide bonds. The van der Waals surface area contributed by atoms with E-state index in [4.69, 9.17) is 4.74 Å². The number of anilines is 1. The van der Waals surface area contributed by atoms with Crippen LogP contribution in [0.4, 0.5) is 5.69 Å². The monoisotopic (exact) mass is 545 g/mol. The summed E-state index contributed by atoms with van der Waals surface area (Å²) in [6.45, 7) is 12.8. The lowest BCUT2D eigenvalue weighted by Gasteiger charge is -2.37. The van der Waals surface area contributed by atoms with Crippen molar-refractivity contribution in [1.82, 2.24) is 20.1 Å². The number of fused-ring (bicyclic) bond motifs is 1. The molecule has 0 saturated carbocycles. The molecule has 1 aliphatic carbocycles. The van der Waals surface area contributed by atoms with Gasteiger partial charge in [-0.2, -0.15) is 5.10 Å². The SMILES string of the molecule is CCN(c1cc(-c2c(C)nn(C)c2C)cc(C(=O)NCc2c3c(c(C)[nH]c2=O)CCCC3)c1C)C1CCOCC1. The Bertz CT molecular complexity index is 1480. The van der Waals surface area contributed by atoms with Crippen LogP contribution in [0.2, 0.25) is 0 Å². The molecule has 1 aromatic carbocycles. The van der Waals surface area contributed by atoms with Gasteiger partial charge in [-0.3, -0.25) is 14.3 Å². The van der Waals surface area contributed by atoms with Crippen LogP contribution in [0.3, 0.4) is 0 Å². The molecule has 3 heterocycles. The van der Waals surface area contributed by atoms with Gasteiger partial charge in [0.2, 0.25) is 0 Å². The van der Waals surface area contributed by atoms with E-state index in [2.05, 4.69) is 40.2 Å². The van der Waals surface area contributed by atoms with Crippen LogP contribution in [-0.4, -0.2) is 46.5 Å². The number of rotatable bonds is 7. The highest BCUT2D eigenvalue weighted by Gasteiger charge is 2.26. The molecule has 2 N–H and O–H groups in total. The third-order valence-corrected chi connectivity index (χ3v) is 8.99. The van der Waals surface area contributed by atoms with E-state index in [0.717, 1.165) is 103 Å². The van der Waals surface area contributed by atoms with Gasteiger partial charge in [0, 0.05) is 73.2 Å². The first-order chi connectivity index (χ1) is 19.2. The molecule has 0 atom stereocenters. The Labute approximate surface area is 237 Å². The van der Waals surface area contributed by atoms with Gasteiger partial charge < -0.3 is 19.9 Å². The van der Waals surface area contributed by atoms with Crippen LogP contribution in [0, 0.1) is 27.7 Å². The van der Waals surface area contributed by atoms with E-state index in [9.17, 15) is 9.59 Å². The van der Waals surface area contributed by atoms with Gasteiger partial charge in [-0.1, -0.05) is 0 Å². The number of nitrogens with one attached hydrogen (secondary N) is 2. The zero-order chi connectivity index (χ0) is 28.6. The Hall–Kier alpha value is -3.39. The van der Waals surface area contributed by atoms with Crippen LogP contribution in [-0.2, 0) is 31.2 Å². The quantitative estimate of drug-likeness (QED) is 0.444. The van der Waals surface area contributed by atoms with Crippen molar-refractivity contribution in [1.29, 1.82) is 0 Å². The number of carbonyl (C=O) groups is 1. The van der Waals surface area contributed by atoms with Gasteiger partial charge in [0.1, 0.15) is 0 Å². The second-order valence-corrected chi connectivity index (χ2v) is 11.4. The molecule has 8 heteroatoms. The predicted molar refractivity (Wildman–Crippen MR) is 159 cm³/mol. The number of H-pyrrole nitrogens is 1. The first-order valence-electron chi connectivity index (χ1n) is 14.7. The molecule has 8 nitrogen and oxygen atoms in total. The number of hydrogen-bond acceptors (Lipinski definition) is 5. The summed E-state index contributed by atoms with van der Waals surface area (Å²) in [5.74, 6) is -0.160. The first kappa shape index (κ1) is 28.1. The maximum atomic E-state index is 13.9. The van der Waals surface area contributed by atoms with E-state index in [1.54, 1.807) is 0 Å². The number of nitrogens with zero attached hydrogens (tertiary/aromatic N) is 3. The Kier molecular flexibility index (Phi) is 8.17. The molecular weight excluding hydrogens is 502 g/mol. The van der Waals surface area contributed by atoms with Gasteiger partial charge >= 0.3 is 0 Å². The number of carbonyl (C=O) groups excluding carboxylic acids is 1. The lowest BCUT2D eigenvalue weighted by atomic mass is 9.88. The Morgan fingerprint density at radius 3 is 2.48 bits per heavy atom. The van der Waals surface area contributed by atoms with Gasteiger partial charge in [-0.25, -0.2) is 0 Å². The molecule has 0 spiro atoms. The topological polar surface area (TPSA) is 92.3 Å². The minimum absolute atomic E-state index is 0.0945. The van der Waals surface area contributed by atoms with Crippen molar-refractivity contribution < 1.29 is 9.53 Å². The molecular formula is C32H43N5O3. The number of pyridine rings is 1. The smallest absolute Gasteiger partial charge is 0.253 e. The van der Waals surface area contributed by atoms with E-state index in [-0.39, 0.29) is 18.0 Å². The molecule has 2 aromatic heterocycles. The highest BCUT2D eigenvalue weighted by Crippen LogP contribution is 2.36. The van der Waals surface area contributed by atoms with Gasteiger partial charge in [0.15, 0.2) is 0 Å². The van der Waals surface area contributed by atoms with Crippen molar-refractivity contribution in [2.75, 3.05) is 24.7 Å². The molecule has 1 saturated heterocycles. The molecule has 1 aliphatic heterocycles. The number of aromatic nitrogens is 3. The molecule has 1 fully saturated rings. The van der Waals surface area contributed by atoms with E-state index in [1.165, 1.54) is 5.56 Å². The van der Waals surface area contributed by atoms with Crippen molar-refractivity contribution >= 4 is 11.6 Å². The van der Waals surface area contributed by atoms with Crippen LogP contribution in [0.15, 0.2) is 16.9 Å². The number of benzene rings is 1. The zero-order valence-electron chi connectivity index (χ0n) is 24.9. The van der Waals surface area contributed by atoms with E-state index < -0.39 is 0 Å². The van der Waals surface area contributed by atoms with Crippen LogP contribution in [0.25, 0.3) is 11.1 Å².